The number of hydrogen-bond acceptors (Lipinski definition) is 5. The van der Waals surface area contributed by atoms with E-state index in [2.05, 4.69) is 16.1 Å². The van der Waals surface area contributed by atoms with Gasteiger partial charge in [0.25, 0.3) is 0 Å². The van der Waals surface area contributed by atoms with Crippen molar-refractivity contribution in [2.75, 3.05) is 0 Å². The average molecular weight is 279 g/mol. The van der Waals surface area contributed by atoms with Crippen molar-refractivity contribution in [1.29, 1.82) is 0 Å². The number of rotatable bonds is 2. The van der Waals surface area contributed by atoms with Crippen LogP contribution in [-0.2, 0) is 11.4 Å². The average Bonchev–Trinajstić information content (AvgIpc) is 2.85. The van der Waals surface area contributed by atoms with Crippen molar-refractivity contribution in [3.8, 4) is 23.3 Å². The molecule has 0 aliphatic carbocycles. The van der Waals surface area contributed by atoms with Gasteiger partial charge in [-0.2, -0.15) is 0 Å². The lowest BCUT2D eigenvalue weighted by atomic mass is 10.1. The molecule has 0 unspecified atom stereocenters. The summed E-state index contributed by atoms with van der Waals surface area (Å²) in [4.78, 5) is 10.3. The van der Waals surface area contributed by atoms with Crippen molar-refractivity contribution < 1.29 is 19.4 Å². The number of nitrogens with zero attached hydrogens (tertiary/aromatic N) is 2. The molecule has 7 heteroatoms. The molecule has 0 aliphatic heterocycles. The number of benzene rings is 1. The lowest BCUT2D eigenvalue weighted by Crippen LogP contribution is -1.88. The monoisotopic (exact) mass is 278 g/mol. The van der Waals surface area contributed by atoms with Crippen LogP contribution in [0.15, 0.2) is 22.6 Å². The second kappa shape index (κ2) is 5.52. The molecule has 1 aromatic heterocycles. The van der Waals surface area contributed by atoms with E-state index in [-0.39, 0.29) is 23.4 Å². The summed E-state index contributed by atoms with van der Waals surface area (Å²) in [5.41, 5.74) is 0.938. The van der Waals surface area contributed by atoms with Crippen LogP contribution in [0.2, 0.25) is 5.02 Å². The molecule has 0 fully saturated rings. The van der Waals surface area contributed by atoms with Gasteiger partial charge in [-0.05, 0) is 18.2 Å². The number of aromatic nitrogens is 2. The predicted molar refractivity (Wildman–Crippen MR) is 65.2 cm³/mol. The Morgan fingerprint density at radius 2 is 2.21 bits per heavy atom. The minimum Gasteiger partial charge on any atom is -0.472 e. The van der Waals surface area contributed by atoms with E-state index in [0.29, 0.717) is 11.1 Å². The van der Waals surface area contributed by atoms with Crippen molar-refractivity contribution in [1.82, 2.24) is 10.2 Å². The van der Waals surface area contributed by atoms with Crippen LogP contribution in [0.3, 0.4) is 0 Å². The van der Waals surface area contributed by atoms with E-state index in [9.17, 15) is 4.79 Å². The Balaban J connectivity index is 2.34. The van der Waals surface area contributed by atoms with Gasteiger partial charge in [-0.25, -0.2) is 4.79 Å². The van der Waals surface area contributed by atoms with Gasteiger partial charge in [-0.3, -0.25) is 0 Å². The van der Waals surface area contributed by atoms with Gasteiger partial charge in [0.15, 0.2) is 0 Å². The molecule has 0 spiro atoms. The summed E-state index contributed by atoms with van der Waals surface area (Å²) in [6.07, 6.45) is 0. The maximum Gasteiger partial charge on any atom is 0.382 e. The second-order valence-corrected chi connectivity index (χ2v) is 3.82. The molecule has 2 N–H and O–H groups in total. The molecule has 19 heavy (non-hydrogen) atoms. The van der Waals surface area contributed by atoms with Crippen LogP contribution >= 0.6 is 11.6 Å². The zero-order valence-electron chi connectivity index (χ0n) is 9.42. The van der Waals surface area contributed by atoms with Gasteiger partial charge >= 0.3 is 5.97 Å². The number of aliphatic carboxylic acids is 1. The van der Waals surface area contributed by atoms with Gasteiger partial charge in [0.2, 0.25) is 11.8 Å². The second-order valence-electron chi connectivity index (χ2n) is 3.41. The Labute approximate surface area is 112 Å². The molecule has 2 rings (SSSR count). The number of halogens is 1. The number of carboxylic acids is 1. The molecule has 6 nitrogen and oxygen atoms in total. The molecule has 0 atom stereocenters. The molecule has 1 aromatic carbocycles. The zero-order chi connectivity index (χ0) is 13.8. The first-order chi connectivity index (χ1) is 9.10. The van der Waals surface area contributed by atoms with Crippen molar-refractivity contribution in [2.24, 2.45) is 0 Å². The number of carboxylic acid groups (broad SMARTS) is 1. The Kier molecular flexibility index (Phi) is 3.80. The van der Waals surface area contributed by atoms with E-state index >= 15 is 0 Å². The first-order valence-corrected chi connectivity index (χ1v) is 5.46. The van der Waals surface area contributed by atoms with E-state index in [4.69, 9.17) is 26.2 Å². The third-order valence-corrected chi connectivity index (χ3v) is 2.43. The lowest BCUT2D eigenvalue weighted by molar-refractivity contribution is -0.130. The van der Waals surface area contributed by atoms with Gasteiger partial charge in [0, 0.05) is 17.0 Å². The summed E-state index contributed by atoms with van der Waals surface area (Å²) in [6, 6.07) is 4.70. The third-order valence-electron chi connectivity index (χ3n) is 2.12. The Morgan fingerprint density at radius 1 is 1.42 bits per heavy atom. The molecule has 0 saturated heterocycles. The molecule has 1 heterocycles. The van der Waals surface area contributed by atoms with Gasteiger partial charge in [0.05, 0.1) is 5.02 Å². The molecule has 96 valence electrons. The molecular formula is C12H7ClN2O4. The maximum atomic E-state index is 10.3. The fourth-order valence-corrected chi connectivity index (χ4v) is 1.53. The van der Waals surface area contributed by atoms with E-state index in [0.717, 1.165) is 0 Å². The van der Waals surface area contributed by atoms with Gasteiger partial charge in [0.1, 0.15) is 6.61 Å². The highest BCUT2D eigenvalue weighted by Crippen LogP contribution is 2.24. The van der Waals surface area contributed by atoms with Crippen LogP contribution in [-0.4, -0.2) is 26.4 Å². The molecular weight excluding hydrogens is 272 g/mol. The molecule has 0 aliphatic rings. The quantitative estimate of drug-likeness (QED) is 0.804. The highest BCUT2D eigenvalue weighted by atomic mass is 35.5. The summed E-state index contributed by atoms with van der Waals surface area (Å²) in [5, 5.41) is 24.9. The molecule has 0 saturated carbocycles. The topological polar surface area (TPSA) is 96.5 Å². The minimum absolute atomic E-state index is 0.0980. The molecule has 0 radical (unpaired) electrons. The number of aliphatic hydroxyl groups is 1. The normalized spacial score (nSPS) is 9.79. The van der Waals surface area contributed by atoms with E-state index < -0.39 is 5.97 Å². The van der Waals surface area contributed by atoms with Gasteiger partial charge < -0.3 is 14.6 Å². The van der Waals surface area contributed by atoms with Crippen molar-refractivity contribution >= 4 is 17.6 Å². The summed E-state index contributed by atoms with van der Waals surface area (Å²) >= 11 is 5.97. The Hall–Kier alpha value is -2.36. The molecule has 0 bridgehead atoms. The van der Waals surface area contributed by atoms with Crippen LogP contribution in [0.5, 0.6) is 0 Å². The molecule has 0 amide bonds. The fourth-order valence-electron chi connectivity index (χ4n) is 1.30. The minimum atomic E-state index is -1.23. The Bertz CT molecular complexity index is 685. The largest absolute Gasteiger partial charge is 0.472 e. The van der Waals surface area contributed by atoms with Crippen LogP contribution in [0.4, 0.5) is 0 Å². The van der Waals surface area contributed by atoms with E-state index in [1.54, 1.807) is 12.1 Å². The smallest absolute Gasteiger partial charge is 0.382 e. The summed E-state index contributed by atoms with van der Waals surface area (Å²) < 4.78 is 5.15. The fraction of sp³-hybridized carbons (Fsp3) is 0.0833. The van der Waals surface area contributed by atoms with E-state index in [1.165, 1.54) is 6.07 Å². The highest BCUT2D eigenvalue weighted by Gasteiger charge is 2.09. The Morgan fingerprint density at radius 3 is 2.79 bits per heavy atom. The lowest BCUT2D eigenvalue weighted by Gasteiger charge is -1.98. The van der Waals surface area contributed by atoms with Crippen molar-refractivity contribution in [3.63, 3.8) is 0 Å². The maximum absolute atomic E-state index is 10.3. The highest BCUT2D eigenvalue weighted by molar-refractivity contribution is 6.32. The van der Waals surface area contributed by atoms with Gasteiger partial charge in [-0.15, -0.1) is 10.2 Å². The van der Waals surface area contributed by atoms with Crippen molar-refractivity contribution in [2.45, 2.75) is 6.61 Å². The SMILES string of the molecule is O=C(O)C#Cc1ccc(-c2nnc(CO)o2)cc1Cl. The summed E-state index contributed by atoms with van der Waals surface area (Å²) in [5.74, 6) is 3.47. The standard InChI is InChI=1S/C12H7ClN2O4/c13-9-5-8(12-15-14-10(6-16)19-12)2-1-7(9)3-4-11(17)18/h1-2,5,16H,6H2,(H,17,18). The molecule has 2 aromatic rings. The van der Waals surface area contributed by atoms with Crippen LogP contribution in [0.25, 0.3) is 11.5 Å². The number of hydrogen-bond donors (Lipinski definition) is 2. The number of aliphatic hydroxyl groups excluding tert-OH is 1. The van der Waals surface area contributed by atoms with E-state index in [1.807, 2.05) is 5.92 Å². The van der Waals surface area contributed by atoms with Gasteiger partial charge in [-0.1, -0.05) is 17.5 Å². The number of carbonyl (C=O) groups is 1. The first kappa shape index (κ1) is 13.1. The van der Waals surface area contributed by atoms with Crippen LogP contribution in [0.1, 0.15) is 11.5 Å². The zero-order valence-corrected chi connectivity index (χ0v) is 10.2. The predicted octanol–water partition coefficient (Wildman–Crippen LogP) is 1.32. The third kappa shape index (κ3) is 3.10. The summed E-state index contributed by atoms with van der Waals surface area (Å²) in [6.45, 7) is -0.344. The first-order valence-electron chi connectivity index (χ1n) is 5.08. The van der Waals surface area contributed by atoms with Crippen molar-refractivity contribution in [3.05, 3.63) is 34.7 Å². The van der Waals surface area contributed by atoms with Crippen LogP contribution < -0.4 is 0 Å². The summed E-state index contributed by atoms with van der Waals surface area (Å²) in [7, 11) is 0. The van der Waals surface area contributed by atoms with Crippen LogP contribution in [0, 0.1) is 11.8 Å².